The molecule has 0 N–H and O–H groups in total. The molecular formula is C7H16S. The van der Waals surface area contributed by atoms with E-state index in [9.17, 15) is 0 Å². The minimum Gasteiger partial charge on any atom is -0.176 e. The van der Waals surface area contributed by atoms with E-state index in [2.05, 4.69) is 33.4 Å². The highest BCUT2D eigenvalue weighted by atomic mass is 32.1. The minimum absolute atomic E-state index is 0.581. The van der Waals surface area contributed by atoms with Gasteiger partial charge in [-0.3, -0.25) is 0 Å². The summed E-state index contributed by atoms with van der Waals surface area (Å²) in [6.07, 6.45) is 2.56. The molecule has 0 heterocycles. The highest BCUT2D eigenvalue weighted by Crippen LogP contribution is 2.09. The zero-order valence-corrected chi connectivity index (χ0v) is 6.91. The Hall–Kier alpha value is 0.350. The van der Waals surface area contributed by atoms with Crippen LogP contribution in [0, 0.1) is 5.92 Å². The van der Waals surface area contributed by atoms with Gasteiger partial charge in [-0.1, -0.05) is 20.8 Å². The van der Waals surface area contributed by atoms with Gasteiger partial charge in [0.05, 0.1) is 0 Å². The van der Waals surface area contributed by atoms with Crippen molar-refractivity contribution in [1.29, 1.82) is 0 Å². The fourth-order valence-corrected chi connectivity index (χ4v) is 0.724. The van der Waals surface area contributed by atoms with Crippen LogP contribution in [0.1, 0.15) is 33.6 Å². The Morgan fingerprint density at radius 1 is 1.12 bits per heavy atom. The van der Waals surface area contributed by atoms with Crippen LogP contribution in [0.5, 0.6) is 0 Å². The molecule has 0 aliphatic heterocycles. The van der Waals surface area contributed by atoms with Gasteiger partial charge in [0, 0.05) is 0 Å². The molecule has 0 aliphatic rings. The van der Waals surface area contributed by atoms with E-state index in [1.54, 1.807) is 0 Å². The van der Waals surface area contributed by atoms with Crippen molar-refractivity contribution >= 4 is 12.6 Å². The predicted molar refractivity (Wildman–Crippen MR) is 42.5 cm³/mol. The van der Waals surface area contributed by atoms with Gasteiger partial charge in [0.25, 0.3) is 0 Å². The summed E-state index contributed by atoms with van der Waals surface area (Å²) in [5.74, 6) is 0.838. The van der Waals surface area contributed by atoms with E-state index in [4.69, 9.17) is 0 Å². The maximum atomic E-state index is 4.27. The van der Waals surface area contributed by atoms with E-state index in [-0.39, 0.29) is 0 Å². The fourth-order valence-electron chi connectivity index (χ4n) is 0.575. The molecule has 0 spiro atoms. The van der Waals surface area contributed by atoms with Crippen molar-refractivity contribution in [3.8, 4) is 0 Å². The van der Waals surface area contributed by atoms with E-state index in [1.807, 2.05) is 0 Å². The first-order valence-electron chi connectivity index (χ1n) is 3.31. The molecule has 0 radical (unpaired) electrons. The number of hydrogen-bond acceptors (Lipinski definition) is 1. The Morgan fingerprint density at radius 3 is 1.75 bits per heavy atom. The SMILES string of the molecule is CC(C)CCC(C)S. The van der Waals surface area contributed by atoms with E-state index in [0.29, 0.717) is 5.25 Å². The van der Waals surface area contributed by atoms with Crippen molar-refractivity contribution in [1.82, 2.24) is 0 Å². The first-order valence-corrected chi connectivity index (χ1v) is 3.82. The summed E-state index contributed by atoms with van der Waals surface area (Å²) in [7, 11) is 0. The summed E-state index contributed by atoms with van der Waals surface area (Å²) in [6, 6.07) is 0. The zero-order valence-electron chi connectivity index (χ0n) is 6.02. The molecule has 0 bridgehead atoms. The molecule has 50 valence electrons. The zero-order chi connectivity index (χ0) is 6.57. The van der Waals surface area contributed by atoms with Crippen LogP contribution in [0.3, 0.4) is 0 Å². The lowest BCUT2D eigenvalue weighted by Gasteiger charge is -2.05. The van der Waals surface area contributed by atoms with E-state index in [0.717, 1.165) is 5.92 Å². The van der Waals surface area contributed by atoms with Crippen molar-refractivity contribution in [3.05, 3.63) is 0 Å². The van der Waals surface area contributed by atoms with E-state index < -0.39 is 0 Å². The molecule has 0 saturated heterocycles. The molecule has 1 unspecified atom stereocenters. The van der Waals surface area contributed by atoms with Crippen molar-refractivity contribution in [2.24, 2.45) is 5.92 Å². The van der Waals surface area contributed by atoms with Crippen LogP contribution >= 0.6 is 12.6 Å². The molecule has 0 fully saturated rings. The monoisotopic (exact) mass is 132 g/mol. The molecule has 0 saturated carbocycles. The number of hydrogen-bond donors (Lipinski definition) is 1. The van der Waals surface area contributed by atoms with Crippen LogP contribution in [0.15, 0.2) is 0 Å². The molecule has 0 nitrogen and oxygen atoms in total. The normalized spacial score (nSPS) is 14.6. The Labute approximate surface area is 58.1 Å². The Bertz CT molecular complexity index is 40.3. The lowest BCUT2D eigenvalue weighted by molar-refractivity contribution is 0.556. The summed E-state index contributed by atoms with van der Waals surface area (Å²) >= 11 is 4.27. The Morgan fingerprint density at radius 2 is 1.62 bits per heavy atom. The van der Waals surface area contributed by atoms with Crippen LogP contribution in [0.2, 0.25) is 0 Å². The third kappa shape index (κ3) is 6.35. The molecule has 8 heavy (non-hydrogen) atoms. The van der Waals surface area contributed by atoms with Crippen LogP contribution in [-0.4, -0.2) is 5.25 Å². The summed E-state index contributed by atoms with van der Waals surface area (Å²) in [6.45, 7) is 6.64. The van der Waals surface area contributed by atoms with Gasteiger partial charge < -0.3 is 0 Å². The van der Waals surface area contributed by atoms with Crippen molar-refractivity contribution in [2.45, 2.75) is 38.9 Å². The van der Waals surface area contributed by atoms with Crippen molar-refractivity contribution < 1.29 is 0 Å². The Kier molecular flexibility index (Phi) is 4.44. The average Bonchev–Trinajstić information content (AvgIpc) is 1.61. The molecule has 0 rings (SSSR count). The molecule has 1 atom stereocenters. The topological polar surface area (TPSA) is 0 Å². The first-order chi connectivity index (χ1) is 3.63. The van der Waals surface area contributed by atoms with Crippen LogP contribution in [0.4, 0.5) is 0 Å². The number of rotatable bonds is 3. The highest BCUT2D eigenvalue weighted by molar-refractivity contribution is 7.80. The molecule has 1 heteroatoms. The summed E-state index contributed by atoms with van der Waals surface area (Å²) in [5.41, 5.74) is 0. The smallest absolute Gasteiger partial charge is 0.00115 e. The minimum atomic E-state index is 0.581. The van der Waals surface area contributed by atoms with Gasteiger partial charge in [0.1, 0.15) is 0 Å². The summed E-state index contributed by atoms with van der Waals surface area (Å²) in [4.78, 5) is 0. The van der Waals surface area contributed by atoms with Crippen molar-refractivity contribution in [2.75, 3.05) is 0 Å². The fraction of sp³-hybridized carbons (Fsp3) is 1.00. The van der Waals surface area contributed by atoms with E-state index >= 15 is 0 Å². The van der Waals surface area contributed by atoms with Gasteiger partial charge >= 0.3 is 0 Å². The van der Waals surface area contributed by atoms with E-state index in [1.165, 1.54) is 12.8 Å². The molecule has 0 aromatic heterocycles. The first kappa shape index (κ1) is 8.35. The molecule has 0 aromatic rings. The van der Waals surface area contributed by atoms with Gasteiger partial charge in [0.15, 0.2) is 0 Å². The molecule has 0 aliphatic carbocycles. The second-order valence-electron chi connectivity index (χ2n) is 2.82. The molecule has 0 aromatic carbocycles. The quantitative estimate of drug-likeness (QED) is 0.561. The van der Waals surface area contributed by atoms with Gasteiger partial charge in [-0.05, 0) is 24.0 Å². The highest BCUT2D eigenvalue weighted by Gasteiger charge is 1.96. The molecule has 0 amide bonds. The van der Waals surface area contributed by atoms with Crippen molar-refractivity contribution in [3.63, 3.8) is 0 Å². The largest absolute Gasteiger partial charge is 0.176 e. The number of thiol groups is 1. The standard InChI is InChI=1S/C7H16S/c1-6(2)4-5-7(3)8/h6-8H,4-5H2,1-3H3. The predicted octanol–water partition coefficient (Wildman–Crippen LogP) is 2.74. The average molecular weight is 132 g/mol. The van der Waals surface area contributed by atoms with Crippen LogP contribution in [-0.2, 0) is 0 Å². The second kappa shape index (κ2) is 4.25. The van der Waals surface area contributed by atoms with Gasteiger partial charge in [0.2, 0.25) is 0 Å². The summed E-state index contributed by atoms with van der Waals surface area (Å²) < 4.78 is 0. The maximum absolute atomic E-state index is 4.27. The third-order valence-corrected chi connectivity index (χ3v) is 1.42. The lowest BCUT2D eigenvalue weighted by atomic mass is 10.1. The van der Waals surface area contributed by atoms with Gasteiger partial charge in [-0.25, -0.2) is 0 Å². The van der Waals surface area contributed by atoms with Gasteiger partial charge in [-0.2, -0.15) is 12.6 Å². The third-order valence-electron chi connectivity index (χ3n) is 1.16. The summed E-state index contributed by atoms with van der Waals surface area (Å²) in [5, 5.41) is 0.581. The lowest BCUT2D eigenvalue weighted by Crippen LogP contribution is -1.94. The Balaban J connectivity index is 2.93. The molecular weight excluding hydrogens is 116 g/mol. The van der Waals surface area contributed by atoms with Gasteiger partial charge in [-0.15, -0.1) is 0 Å². The second-order valence-corrected chi connectivity index (χ2v) is 3.70. The maximum Gasteiger partial charge on any atom is -0.00115 e. The van der Waals surface area contributed by atoms with Crippen LogP contribution in [0.25, 0.3) is 0 Å². The van der Waals surface area contributed by atoms with Crippen LogP contribution < -0.4 is 0 Å².